The Morgan fingerprint density at radius 3 is 2.58 bits per heavy atom. The Balaban J connectivity index is 0.000000163. The number of hydrogen-bond donors (Lipinski definition) is 2. The molecule has 0 radical (unpaired) electrons. The van der Waals surface area contributed by atoms with E-state index in [1.807, 2.05) is 6.07 Å². The fourth-order valence-electron chi connectivity index (χ4n) is 3.98. The molecular formula is C22H18N4O7. The van der Waals surface area contributed by atoms with Gasteiger partial charge in [0.2, 0.25) is 11.7 Å². The van der Waals surface area contributed by atoms with Gasteiger partial charge in [-0.2, -0.15) is 0 Å². The number of nitrogens with zero attached hydrogens (tertiary/aromatic N) is 2. The van der Waals surface area contributed by atoms with Gasteiger partial charge in [0.25, 0.3) is 17.5 Å². The zero-order valence-corrected chi connectivity index (χ0v) is 17.6. The molecule has 1 atom stereocenters. The second kappa shape index (κ2) is 8.19. The van der Waals surface area contributed by atoms with Gasteiger partial charge < -0.3 is 19.9 Å². The molecule has 0 fully saturated rings. The number of nitro benzene ring substituents is 1. The third-order valence-corrected chi connectivity index (χ3v) is 5.26. The van der Waals surface area contributed by atoms with Crippen molar-refractivity contribution >= 4 is 45.7 Å². The molecule has 2 aromatic carbocycles. The molecule has 5 rings (SSSR count). The number of benzene rings is 2. The summed E-state index contributed by atoms with van der Waals surface area (Å²) >= 11 is 0. The minimum atomic E-state index is -1.23. The van der Waals surface area contributed by atoms with Crippen molar-refractivity contribution in [1.29, 1.82) is 0 Å². The topological polar surface area (TPSA) is 152 Å². The maximum absolute atomic E-state index is 12.1. The van der Waals surface area contributed by atoms with Gasteiger partial charge in [0.05, 0.1) is 27.4 Å². The van der Waals surface area contributed by atoms with Crippen molar-refractivity contribution in [2.24, 2.45) is 0 Å². The third kappa shape index (κ3) is 3.69. The fraction of sp³-hybridized carbons (Fsp3) is 0.182. The number of nitro groups is 1. The second-order valence-electron chi connectivity index (χ2n) is 7.27. The van der Waals surface area contributed by atoms with Crippen molar-refractivity contribution in [3.63, 3.8) is 0 Å². The van der Waals surface area contributed by atoms with E-state index in [1.165, 1.54) is 23.1 Å². The zero-order chi connectivity index (χ0) is 23.9. The summed E-state index contributed by atoms with van der Waals surface area (Å²) in [4.78, 5) is 60.3. The van der Waals surface area contributed by atoms with Crippen molar-refractivity contribution in [3.05, 3.63) is 74.1 Å². The summed E-state index contributed by atoms with van der Waals surface area (Å²) in [5.74, 6) is -1.32. The Labute approximate surface area is 186 Å². The van der Waals surface area contributed by atoms with Gasteiger partial charge in [-0.1, -0.05) is 12.1 Å². The number of carbonyl (C=O) groups excluding carboxylic acids is 3. The molecule has 0 spiro atoms. The highest BCUT2D eigenvalue weighted by Gasteiger charge is 2.43. The summed E-state index contributed by atoms with van der Waals surface area (Å²) in [6, 6.07) is 11.1. The Morgan fingerprint density at radius 2 is 1.91 bits per heavy atom. The van der Waals surface area contributed by atoms with E-state index >= 15 is 0 Å². The van der Waals surface area contributed by atoms with Gasteiger partial charge in [-0.15, -0.1) is 0 Å². The number of anilines is 2. The highest BCUT2D eigenvalue weighted by Crippen LogP contribution is 2.43. The van der Waals surface area contributed by atoms with E-state index in [4.69, 9.17) is 4.74 Å². The highest BCUT2D eigenvalue weighted by molar-refractivity contribution is 6.23. The molecule has 33 heavy (non-hydrogen) atoms. The van der Waals surface area contributed by atoms with Crippen LogP contribution in [0.4, 0.5) is 17.1 Å². The molecule has 0 bridgehead atoms. The zero-order valence-electron chi connectivity index (χ0n) is 17.6. The van der Waals surface area contributed by atoms with Crippen LogP contribution in [-0.2, 0) is 14.3 Å². The van der Waals surface area contributed by atoms with Gasteiger partial charge in [0.15, 0.2) is 0 Å². The molecule has 3 aromatic rings. The van der Waals surface area contributed by atoms with Crippen LogP contribution in [0.1, 0.15) is 35.9 Å². The van der Waals surface area contributed by atoms with Crippen molar-refractivity contribution in [2.45, 2.75) is 20.0 Å². The first-order valence-electron chi connectivity index (χ1n) is 9.96. The van der Waals surface area contributed by atoms with Crippen LogP contribution in [0.5, 0.6) is 0 Å². The van der Waals surface area contributed by atoms with Crippen LogP contribution in [-0.4, -0.2) is 34.2 Å². The molecule has 2 aliphatic heterocycles. The van der Waals surface area contributed by atoms with Crippen molar-refractivity contribution in [3.8, 4) is 0 Å². The molecule has 2 amide bonds. The lowest BCUT2D eigenvalue weighted by molar-refractivity contribution is -0.385. The average molecular weight is 450 g/mol. The number of aromatic amines is 1. The van der Waals surface area contributed by atoms with Crippen LogP contribution in [0.3, 0.4) is 0 Å². The number of hydrogen-bond acceptors (Lipinski definition) is 7. The van der Waals surface area contributed by atoms with Crippen molar-refractivity contribution < 1.29 is 24.0 Å². The van der Waals surface area contributed by atoms with Crippen molar-refractivity contribution in [1.82, 2.24) is 4.98 Å². The van der Waals surface area contributed by atoms with Crippen LogP contribution in [0, 0.1) is 10.1 Å². The Bertz CT molecular complexity index is 1400. The number of likely N-dealkylation sites (N-methyl/N-ethyl adjacent to an activating group) is 1. The Kier molecular flexibility index (Phi) is 5.38. The summed E-state index contributed by atoms with van der Waals surface area (Å²) in [5.41, 5.74) is 2.03. The first-order chi connectivity index (χ1) is 15.7. The Hall–Kier alpha value is -4.54. The number of nitrogens with one attached hydrogen (secondary N) is 2. The number of rotatable bonds is 3. The third-order valence-electron chi connectivity index (χ3n) is 5.26. The minimum absolute atomic E-state index is 0.148. The van der Waals surface area contributed by atoms with E-state index in [0.717, 1.165) is 18.0 Å². The van der Waals surface area contributed by atoms with Gasteiger partial charge in [0.1, 0.15) is 5.56 Å². The molecule has 1 unspecified atom stereocenters. The molecule has 168 valence electrons. The molecule has 11 heteroatoms. The maximum atomic E-state index is 12.1. The van der Waals surface area contributed by atoms with Gasteiger partial charge in [-0.25, -0.2) is 0 Å². The smallest absolute Gasteiger partial charge is 0.303 e. The first-order valence-corrected chi connectivity index (χ1v) is 9.96. The van der Waals surface area contributed by atoms with Crippen LogP contribution in [0.25, 0.3) is 10.9 Å². The number of amides is 2. The molecule has 0 saturated carbocycles. The summed E-state index contributed by atoms with van der Waals surface area (Å²) in [6.45, 7) is 3.26. The van der Waals surface area contributed by atoms with Gasteiger partial charge in [-0.05, 0) is 25.1 Å². The largest absolute Gasteiger partial charge is 0.447 e. The van der Waals surface area contributed by atoms with E-state index < -0.39 is 22.9 Å². The summed E-state index contributed by atoms with van der Waals surface area (Å²) < 4.78 is 4.94. The van der Waals surface area contributed by atoms with Crippen molar-refractivity contribution in [2.75, 3.05) is 16.8 Å². The number of fused-ring (bicyclic) bond motifs is 1. The molecule has 0 saturated heterocycles. The summed E-state index contributed by atoms with van der Waals surface area (Å²) in [6.07, 6.45) is -1.23. The summed E-state index contributed by atoms with van der Waals surface area (Å²) in [5, 5.41) is 14.5. The standard InChI is InChI=1S/C12H12N2O5.C10H6N2O2/c1-3-13-8-5-4-6-9(14(17)18)10(8)11(12(13)16)19-7(2)15;13-8-4-5-9-6(11-8)2-1-3-7(9)12-10(5)14/h4-6,11H,3H2,1-2H3;1-4H,(H,11,13)(H,12,14). The molecule has 2 N–H and O–H groups in total. The van der Waals surface area contributed by atoms with Gasteiger partial charge in [-0.3, -0.25) is 29.3 Å². The average Bonchev–Trinajstić information content (AvgIpc) is 3.22. The van der Waals surface area contributed by atoms with Crippen LogP contribution >= 0.6 is 0 Å². The normalized spacial score (nSPS) is 15.6. The van der Waals surface area contributed by atoms with E-state index in [1.54, 1.807) is 25.1 Å². The van der Waals surface area contributed by atoms with E-state index in [-0.39, 0.29) is 22.7 Å². The van der Waals surface area contributed by atoms with Gasteiger partial charge >= 0.3 is 5.97 Å². The molecule has 0 aliphatic carbocycles. The molecule has 11 nitrogen and oxygen atoms in total. The lowest BCUT2D eigenvalue weighted by Crippen LogP contribution is -2.29. The van der Waals surface area contributed by atoms with Crippen LogP contribution in [0.2, 0.25) is 0 Å². The predicted molar refractivity (Wildman–Crippen MR) is 118 cm³/mol. The maximum Gasteiger partial charge on any atom is 0.303 e. The van der Waals surface area contributed by atoms with E-state index in [0.29, 0.717) is 23.3 Å². The number of H-pyrrole nitrogens is 1. The quantitative estimate of drug-likeness (QED) is 0.353. The SMILES string of the molecule is CCN1C(=O)C(OC(C)=O)c2c1cccc2[N+](=O)[O-].O=C1Nc2cccc3[nH]c(=O)cc1c23. The highest BCUT2D eigenvalue weighted by atomic mass is 16.6. The first kappa shape index (κ1) is 21.7. The number of carbonyl (C=O) groups is 3. The molecule has 3 heterocycles. The number of ether oxygens (including phenoxy) is 1. The molecule has 1 aromatic heterocycles. The molecular weight excluding hydrogens is 432 g/mol. The Morgan fingerprint density at radius 1 is 1.18 bits per heavy atom. The minimum Gasteiger partial charge on any atom is -0.447 e. The second-order valence-corrected chi connectivity index (χ2v) is 7.27. The number of pyridine rings is 1. The van der Waals surface area contributed by atoms with E-state index in [2.05, 4.69) is 10.3 Å². The lowest BCUT2D eigenvalue weighted by atomic mass is 10.1. The van der Waals surface area contributed by atoms with Crippen LogP contribution in [0.15, 0.2) is 47.3 Å². The van der Waals surface area contributed by atoms with Gasteiger partial charge in [0, 0.05) is 31.0 Å². The molecule has 2 aliphatic rings. The number of esters is 1. The lowest BCUT2D eigenvalue weighted by Gasteiger charge is -2.14. The number of aromatic nitrogens is 1. The fourth-order valence-corrected chi connectivity index (χ4v) is 3.98. The van der Waals surface area contributed by atoms with Crippen LogP contribution < -0.4 is 15.8 Å². The van der Waals surface area contributed by atoms with E-state index in [9.17, 15) is 29.3 Å². The predicted octanol–water partition coefficient (Wildman–Crippen LogP) is 2.66. The monoisotopic (exact) mass is 450 g/mol. The summed E-state index contributed by atoms with van der Waals surface area (Å²) in [7, 11) is 0.